The Kier molecular flexibility index (Phi) is 4.94. The Morgan fingerprint density at radius 1 is 1.57 bits per heavy atom. The van der Waals surface area contributed by atoms with E-state index in [0.29, 0.717) is 12.3 Å². The molecule has 1 heterocycles. The summed E-state index contributed by atoms with van der Waals surface area (Å²) in [6.07, 6.45) is 4.26. The van der Waals surface area contributed by atoms with Crippen LogP contribution in [0, 0.1) is 5.92 Å². The lowest BCUT2D eigenvalue weighted by atomic mass is 9.94. The average molecular weight is 198 g/mol. The molecule has 0 aromatic carbocycles. The van der Waals surface area contributed by atoms with Crippen LogP contribution in [0.5, 0.6) is 0 Å². The number of nitrogens with one attached hydrogen (secondary N) is 2. The quantitative estimate of drug-likeness (QED) is 0.714. The van der Waals surface area contributed by atoms with Gasteiger partial charge in [0.05, 0.1) is 0 Å². The van der Waals surface area contributed by atoms with Gasteiger partial charge in [-0.2, -0.15) is 0 Å². The van der Waals surface area contributed by atoms with Crippen LogP contribution in [0.25, 0.3) is 0 Å². The topological polar surface area (TPSA) is 41.1 Å². The number of piperidine rings is 1. The van der Waals surface area contributed by atoms with E-state index >= 15 is 0 Å². The number of carbonyl (C=O) groups is 1. The van der Waals surface area contributed by atoms with Crippen molar-refractivity contribution in [3.05, 3.63) is 0 Å². The standard InChI is InChI=1S/C11H22N2O/c1-9(2)13-11(14)6-5-10-4-3-7-12-8-10/h9-10,12H,3-8H2,1-2H3,(H,13,14). The minimum Gasteiger partial charge on any atom is -0.354 e. The average Bonchev–Trinajstić information content (AvgIpc) is 2.15. The van der Waals surface area contributed by atoms with Gasteiger partial charge in [-0.05, 0) is 52.1 Å². The molecule has 14 heavy (non-hydrogen) atoms. The predicted molar refractivity (Wildman–Crippen MR) is 58.1 cm³/mol. The van der Waals surface area contributed by atoms with E-state index in [1.165, 1.54) is 12.8 Å². The van der Waals surface area contributed by atoms with Crippen LogP contribution in [-0.4, -0.2) is 25.0 Å². The molecule has 1 rings (SSSR count). The summed E-state index contributed by atoms with van der Waals surface area (Å²) in [4.78, 5) is 11.4. The second kappa shape index (κ2) is 6.02. The fourth-order valence-electron chi connectivity index (χ4n) is 1.90. The molecule has 1 aliphatic heterocycles. The smallest absolute Gasteiger partial charge is 0.220 e. The first kappa shape index (κ1) is 11.5. The van der Waals surface area contributed by atoms with Crippen LogP contribution in [0.4, 0.5) is 0 Å². The van der Waals surface area contributed by atoms with Crippen LogP contribution in [0.3, 0.4) is 0 Å². The Labute approximate surface area is 86.6 Å². The van der Waals surface area contributed by atoms with Gasteiger partial charge >= 0.3 is 0 Å². The number of carbonyl (C=O) groups excluding carboxylic acids is 1. The third-order valence-corrected chi connectivity index (χ3v) is 2.63. The maximum Gasteiger partial charge on any atom is 0.220 e. The van der Waals surface area contributed by atoms with E-state index in [1.807, 2.05) is 13.8 Å². The number of hydrogen-bond donors (Lipinski definition) is 2. The van der Waals surface area contributed by atoms with Crippen molar-refractivity contribution in [2.45, 2.75) is 45.6 Å². The van der Waals surface area contributed by atoms with Crippen molar-refractivity contribution >= 4 is 5.91 Å². The Bertz CT molecular complexity index is 174. The van der Waals surface area contributed by atoms with Crippen LogP contribution < -0.4 is 10.6 Å². The second-order valence-electron chi connectivity index (χ2n) is 4.47. The van der Waals surface area contributed by atoms with Crippen molar-refractivity contribution in [3.8, 4) is 0 Å². The molecule has 0 aromatic heterocycles. The molecular formula is C11H22N2O. The molecule has 0 bridgehead atoms. The Balaban J connectivity index is 2.09. The molecule has 82 valence electrons. The summed E-state index contributed by atoms with van der Waals surface area (Å²) < 4.78 is 0. The van der Waals surface area contributed by atoms with E-state index in [1.54, 1.807) is 0 Å². The zero-order chi connectivity index (χ0) is 10.4. The van der Waals surface area contributed by atoms with Gasteiger partial charge in [0, 0.05) is 12.5 Å². The molecule has 0 spiro atoms. The van der Waals surface area contributed by atoms with E-state index in [2.05, 4.69) is 10.6 Å². The van der Waals surface area contributed by atoms with E-state index < -0.39 is 0 Å². The molecule has 3 heteroatoms. The fourth-order valence-corrected chi connectivity index (χ4v) is 1.90. The second-order valence-corrected chi connectivity index (χ2v) is 4.47. The summed E-state index contributed by atoms with van der Waals surface area (Å²) in [5.74, 6) is 0.909. The molecule has 1 atom stereocenters. The highest BCUT2D eigenvalue weighted by atomic mass is 16.1. The summed E-state index contributed by atoms with van der Waals surface area (Å²) in [7, 11) is 0. The molecule has 1 amide bonds. The maximum atomic E-state index is 11.4. The molecule has 2 N–H and O–H groups in total. The number of rotatable bonds is 4. The van der Waals surface area contributed by atoms with Crippen molar-refractivity contribution < 1.29 is 4.79 Å². The highest BCUT2D eigenvalue weighted by molar-refractivity contribution is 5.76. The van der Waals surface area contributed by atoms with Crippen molar-refractivity contribution in [1.82, 2.24) is 10.6 Å². The maximum absolute atomic E-state index is 11.4. The first-order valence-corrected chi connectivity index (χ1v) is 5.68. The normalized spacial score (nSPS) is 22.4. The predicted octanol–water partition coefficient (Wildman–Crippen LogP) is 1.29. The minimum absolute atomic E-state index is 0.200. The van der Waals surface area contributed by atoms with Gasteiger partial charge < -0.3 is 10.6 Å². The SMILES string of the molecule is CC(C)NC(=O)CCC1CCCNC1. The van der Waals surface area contributed by atoms with Crippen molar-refractivity contribution in [2.75, 3.05) is 13.1 Å². The van der Waals surface area contributed by atoms with Crippen LogP contribution in [0.15, 0.2) is 0 Å². The third-order valence-electron chi connectivity index (χ3n) is 2.63. The Morgan fingerprint density at radius 2 is 2.36 bits per heavy atom. The number of amides is 1. The molecule has 1 fully saturated rings. The summed E-state index contributed by atoms with van der Waals surface area (Å²) in [5.41, 5.74) is 0. The van der Waals surface area contributed by atoms with Gasteiger partial charge in [0.15, 0.2) is 0 Å². The molecule has 1 unspecified atom stereocenters. The molecular weight excluding hydrogens is 176 g/mol. The molecule has 0 saturated carbocycles. The van der Waals surface area contributed by atoms with Crippen LogP contribution >= 0.6 is 0 Å². The highest BCUT2D eigenvalue weighted by Gasteiger charge is 2.14. The Hall–Kier alpha value is -0.570. The first-order chi connectivity index (χ1) is 6.68. The van der Waals surface area contributed by atoms with Crippen LogP contribution in [0.2, 0.25) is 0 Å². The lowest BCUT2D eigenvalue weighted by Gasteiger charge is -2.22. The van der Waals surface area contributed by atoms with Crippen molar-refractivity contribution in [3.63, 3.8) is 0 Å². The molecule has 1 aliphatic rings. The first-order valence-electron chi connectivity index (χ1n) is 5.68. The molecule has 1 saturated heterocycles. The van der Waals surface area contributed by atoms with E-state index in [9.17, 15) is 4.79 Å². The minimum atomic E-state index is 0.200. The van der Waals surface area contributed by atoms with Crippen molar-refractivity contribution in [2.24, 2.45) is 5.92 Å². The van der Waals surface area contributed by atoms with E-state index in [-0.39, 0.29) is 11.9 Å². The van der Waals surface area contributed by atoms with Crippen LogP contribution in [0.1, 0.15) is 39.5 Å². The lowest BCUT2D eigenvalue weighted by molar-refractivity contribution is -0.121. The molecule has 0 radical (unpaired) electrons. The Morgan fingerprint density at radius 3 is 2.93 bits per heavy atom. The summed E-state index contributed by atoms with van der Waals surface area (Å²) in [6.45, 7) is 6.24. The summed E-state index contributed by atoms with van der Waals surface area (Å²) in [6, 6.07) is 0.270. The van der Waals surface area contributed by atoms with E-state index in [4.69, 9.17) is 0 Å². The highest BCUT2D eigenvalue weighted by Crippen LogP contribution is 2.15. The number of hydrogen-bond acceptors (Lipinski definition) is 2. The van der Waals surface area contributed by atoms with Gasteiger partial charge in [-0.15, -0.1) is 0 Å². The van der Waals surface area contributed by atoms with Crippen LogP contribution in [-0.2, 0) is 4.79 Å². The van der Waals surface area contributed by atoms with Gasteiger partial charge in [-0.1, -0.05) is 0 Å². The van der Waals surface area contributed by atoms with Gasteiger partial charge in [0.2, 0.25) is 5.91 Å². The van der Waals surface area contributed by atoms with Gasteiger partial charge in [0.25, 0.3) is 0 Å². The summed E-state index contributed by atoms with van der Waals surface area (Å²) >= 11 is 0. The fraction of sp³-hybridized carbons (Fsp3) is 0.909. The van der Waals surface area contributed by atoms with Gasteiger partial charge in [0.1, 0.15) is 0 Å². The monoisotopic (exact) mass is 198 g/mol. The lowest BCUT2D eigenvalue weighted by Crippen LogP contribution is -2.33. The zero-order valence-corrected chi connectivity index (χ0v) is 9.31. The van der Waals surface area contributed by atoms with Crippen molar-refractivity contribution in [1.29, 1.82) is 0 Å². The largest absolute Gasteiger partial charge is 0.354 e. The van der Waals surface area contributed by atoms with Gasteiger partial charge in [-0.25, -0.2) is 0 Å². The third kappa shape index (κ3) is 4.61. The zero-order valence-electron chi connectivity index (χ0n) is 9.31. The molecule has 3 nitrogen and oxygen atoms in total. The summed E-state index contributed by atoms with van der Waals surface area (Å²) in [5, 5.41) is 6.29. The molecule has 0 aromatic rings. The van der Waals surface area contributed by atoms with E-state index in [0.717, 1.165) is 19.5 Å². The van der Waals surface area contributed by atoms with Gasteiger partial charge in [-0.3, -0.25) is 4.79 Å². The molecule has 0 aliphatic carbocycles.